The monoisotopic (exact) mass is 177 g/mol. The summed E-state index contributed by atoms with van der Waals surface area (Å²) >= 11 is 0. The number of H-pyrrole nitrogens is 1. The predicted molar refractivity (Wildman–Crippen MR) is 47.5 cm³/mol. The second-order valence-corrected chi connectivity index (χ2v) is 2.77. The molecule has 0 saturated heterocycles. The topological polar surface area (TPSA) is 71.8 Å². The molecule has 0 aliphatic carbocycles. The lowest BCUT2D eigenvalue weighted by molar-refractivity contribution is -0.385. The van der Waals surface area contributed by atoms with E-state index in [0.717, 1.165) is 5.39 Å². The number of aromatic nitrogens is 2. The van der Waals surface area contributed by atoms with Crippen LogP contribution in [0.2, 0.25) is 0 Å². The highest BCUT2D eigenvalue weighted by Gasteiger charge is 2.12. The molecule has 66 valence electrons. The molecule has 5 heteroatoms. The van der Waals surface area contributed by atoms with Crippen LogP contribution in [0.3, 0.4) is 0 Å². The van der Waals surface area contributed by atoms with Gasteiger partial charge >= 0.3 is 0 Å². The molecule has 0 aliphatic rings. The van der Waals surface area contributed by atoms with Crippen molar-refractivity contribution in [1.29, 1.82) is 0 Å². The number of nitrogens with one attached hydrogen (secondary N) is 1. The molecule has 5 nitrogen and oxygen atoms in total. The summed E-state index contributed by atoms with van der Waals surface area (Å²) in [5.74, 6) is 0. The Kier molecular flexibility index (Phi) is 1.51. The maximum absolute atomic E-state index is 10.5. The fraction of sp³-hybridized carbons (Fsp3) is 0.125. The predicted octanol–water partition coefficient (Wildman–Crippen LogP) is 1.78. The maximum atomic E-state index is 10.5. The lowest BCUT2D eigenvalue weighted by Crippen LogP contribution is -1.94. The van der Waals surface area contributed by atoms with Crippen molar-refractivity contribution < 1.29 is 4.92 Å². The van der Waals surface area contributed by atoms with Crippen LogP contribution < -0.4 is 0 Å². The van der Waals surface area contributed by atoms with E-state index < -0.39 is 4.92 Å². The van der Waals surface area contributed by atoms with Crippen molar-refractivity contribution in [3.8, 4) is 0 Å². The second-order valence-electron chi connectivity index (χ2n) is 2.77. The van der Waals surface area contributed by atoms with Gasteiger partial charge in [0, 0.05) is 17.6 Å². The van der Waals surface area contributed by atoms with Crippen molar-refractivity contribution in [3.05, 3.63) is 34.1 Å². The van der Waals surface area contributed by atoms with Crippen molar-refractivity contribution >= 4 is 16.7 Å². The number of fused-ring (bicyclic) bond motifs is 1. The van der Waals surface area contributed by atoms with Gasteiger partial charge in [-0.25, -0.2) is 4.98 Å². The Hall–Kier alpha value is -1.91. The summed E-state index contributed by atoms with van der Waals surface area (Å²) in [5, 5.41) is 11.3. The smallest absolute Gasteiger partial charge is 0.291 e. The minimum absolute atomic E-state index is 0.0621. The van der Waals surface area contributed by atoms with E-state index in [-0.39, 0.29) is 5.69 Å². The second kappa shape index (κ2) is 2.55. The van der Waals surface area contributed by atoms with Crippen LogP contribution in [-0.2, 0) is 0 Å². The molecule has 0 bridgehead atoms. The minimum atomic E-state index is -0.422. The number of nitro groups is 1. The molecule has 1 N–H and O–H groups in total. The summed E-state index contributed by atoms with van der Waals surface area (Å²) in [7, 11) is 0. The largest absolute Gasteiger partial charge is 0.346 e. The van der Waals surface area contributed by atoms with E-state index >= 15 is 0 Å². The van der Waals surface area contributed by atoms with Gasteiger partial charge in [-0.2, -0.15) is 0 Å². The van der Waals surface area contributed by atoms with Crippen LogP contribution in [-0.4, -0.2) is 14.9 Å². The molecule has 2 aromatic heterocycles. The summed E-state index contributed by atoms with van der Waals surface area (Å²) in [6.45, 7) is 1.62. The van der Waals surface area contributed by atoms with Crippen LogP contribution in [0, 0.1) is 17.0 Å². The number of aromatic amines is 1. The van der Waals surface area contributed by atoms with Gasteiger partial charge in [-0.1, -0.05) is 0 Å². The summed E-state index contributed by atoms with van der Waals surface area (Å²) in [4.78, 5) is 17.1. The molecule has 0 atom stereocenters. The van der Waals surface area contributed by atoms with Crippen LogP contribution in [0.1, 0.15) is 5.69 Å². The fourth-order valence-electron chi connectivity index (χ4n) is 1.25. The van der Waals surface area contributed by atoms with Gasteiger partial charge in [-0.05, 0) is 13.0 Å². The van der Waals surface area contributed by atoms with E-state index in [9.17, 15) is 10.1 Å². The summed E-state index contributed by atoms with van der Waals surface area (Å²) in [5.41, 5.74) is 1.18. The molecule has 0 radical (unpaired) electrons. The molecule has 2 aromatic rings. The summed E-state index contributed by atoms with van der Waals surface area (Å²) in [6.07, 6.45) is 1.71. The number of nitrogens with zero attached hydrogens (tertiary/aromatic N) is 2. The van der Waals surface area contributed by atoms with E-state index in [0.29, 0.717) is 11.3 Å². The quantitative estimate of drug-likeness (QED) is 0.533. The third-order valence-corrected chi connectivity index (χ3v) is 1.90. The Labute approximate surface area is 73.6 Å². The number of hydrogen-bond acceptors (Lipinski definition) is 3. The SMILES string of the molecule is Cc1nc2[nH]ccc2cc1[N+](=O)[O-]. The Bertz CT molecular complexity index is 475. The van der Waals surface area contributed by atoms with Crippen LogP contribution >= 0.6 is 0 Å². The van der Waals surface area contributed by atoms with Crippen molar-refractivity contribution in [3.63, 3.8) is 0 Å². The van der Waals surface area contributed by atoms with Gasteiger partial charge in [-0.15, -0.1) is 0 Å². The first-order valence-corrected chi connectivity index (χ1v) is 3.77. The van der Waals surface area contributed by atoms with E-state index in [1.165, 1.54) is 6.07 Å². The average Bonchev–Trinajstić information content (AvgIpc) is 2.48. The normalized spacial score (nSPS) is 10.5. The fourth-order valence-corrected chi connectivity index (χ4v) is 1.25. The molecule has 0 aliphatic heterocycles. The highest BCUT2D eigenvalue weighted by molar-refractivity contribution is 5.78. The van der Waals surface area contributed by atoms with Gasteiger partial charge in [0.05, 0.1) is 4.92 Å². The lowest BCUT2D eigenvalue weighted by Gasteiger charge is -1.95. The molecule has 0 fully saturated rings. The van der Waals surface area contributed by atoms with E-state index in [1.807, 2.05) is 0 Å². The molecule has 2 rings (SSSR count). The molecule has 13 heavy (non-hydrogen) atoms. The molecule has 0 unspecified atom stereocenters. The number of hydrogen-bond donors (Lipinski definition) is 1. The van der Waals surface area contributed by atoms with Crippen LogP contribution in [0.5, 0.6) is 0 Å². The zero-order valence-corrected chi connectivity index (χ0v) is 6.94. The lowest BCUT2D eigenvalue weighted by atomic mass is 10.2. The zero-order valence-electron chi connectivity index (χ0n) is 6.94. The van der Waals surface area contributed by atoms with E-state index in [4.69, 9.17) is 0 Å². The van der Waals surface area contributed by atoms with Gasteiger partial charge < -0.3 is 4.98 Å². The third kappa shape index (κ3) is 1.14. The first kappa shape index (κ1) is 7.72. The summed E-state index contributed by atoms with van der Waals surface area (Å²) in [6, 6.07) is 3.28. The van der Waals surface area contributed by atoms with Crippen molar-refractivity contribution in [1.82, 2.24) is 9.97 Å². The van der Waals surface area contributed by atoms with Gasteiger partial charge in [0.25, 0.3) is 5.69 Å². The first-order chi connectivity index (χ1) is 6.18. The van der Waals surface area contributed by atoms with Gasteiger partial charge in [0.15, 0.2) is 0 Å². The van der Waals surface area contributed by atoms with E-state index in [1.54, 1.807) is 19.2 Å². The molecule has 0 saturated carbocycles. The first-order valence-electron chi connectivity index (χ1n) is 3.77. The number of aryl methyl sites for hydroxylation is 1. The number of pyridine rings is 1. The highest BCUT2D eigenvalue weighted by atomic mass is 16.6. The van der Waals surface area contributed by atoms with Crippen molar-refractivity contribution in [2.45, 2.75) is 6.92 Å². The Morgan fingerprint density at radius 1 is 1.62 bits per heavy atom. The van der Waals surface area contributed by atoms with Crippen LogP contribution in [0.4, 0.5) is 5.69 Å². The van der Waals surface area contributed by atoms with Gasteiger partial charge in [-0.3, -0.25) is 10.1 Å². The van der Waals surface area contributed by atoms with Gasteiger partial charge in [0.2, 0.25) is 0 Å². The molecule has 0 spiro atoms. The third-order valence-electron chi connectivity index (χ3n) is 1.90. The minimum Gasteiger partial charge on any atom is -0.346 e. The molecule has 0 aromatic carbocycles. The summed E-state index contributed by atoms with van der Waals surface area (Å²) < 4.78 is 0. The van der Waals surface area contributed by atoms with E-state index in [2.05, 4.69) is 9.97 Å². The Morgan fingerprint density at radius 3 is 3.08 bits per heavy atom. The molecular weight excluding hydrogens is 170 g/mol. The van der Waals surface area contributed by atoms with Crippen molar-refractivity contribution in [2.75, 3.05) is 0 Å². The van der Waals surface area contributed by atoms with Crippen LogP contribution in [0.25, 0.3) is 11.0 Å². The maximum Gasteiger partial charge on any atom is 0.291 e. The van der Waals surface area contributed by atoms with Crippen molar-refractivity contribution in [2.24, 2.45) is 0 Å². The molecular formula is C8H7N3O2. The van der Waals surface area contributed by atoms with Gasteiger partial charge in [0.1, 0.15) is 11.3 Å². The van der Waals surface area contributed by atoms with Crippen LogP contribution in [0.15, 0.2) is 18.3 Å². The number of rotatable bonds is 1. The standard InChI is InChI=1S/C8H7N3O2/c1-5-7(11(12)13)4-6-2-3-9-8(6)10-5/h2-4H,1H3,(H,9,10). The molecule has 2 heterocycles. The Morgan fingerprint density at radius 2 is 2.38 bits per heavy atom. The molecule has 0 amide bonds. The Balaban J connectivity index is 2.76. The average molecular weight is 177 g/mol. The zero-order chi connectivity index (χ0) is 9.42. The highest BCUT2D eigenvalue weighted by Crippen LogP contribution is 2.20.